The number of amides is 1. The topological polar surface area (TPSA) is 70.1 Å². The summed E-state index contributed by atoms with van der Waals surface area (Å²) in [5.74, 6) is -1.16. The molecule has 1 aliphatic carbocycles. The second-order valence-electron chi connectivity index (χ2n) is 9.64. The van der Waals surface area contributed by atoms with Crippen LogP contribution in [0.2, 0.25) is 0 Å². The van der Waals surface area contributed by atoms with Gasteiger partial charge in [0.25, 0.3) is 5.69 Å². The van der Waals surface area contributed by atoms with Gasteiger partial charge >= 0.3 is 12.5 Å². The Morgan fingerprint density at radius 2 is 1.95 bits per heavy atom. The van der Waals surface area contributed by atoms with Gasteiger partial charge in [-0.2, -0.15) is 18.2 Å². The molecule has 0 bridgehead atoms. The second kappa shape index (κ2) is 8.16. The minimum absolute atomic E-state index is 0.107. The van der Waals surface area contributed by atoms with Crippen LogP contribution in [0.5, 0.6) is 0 Å². The third-order valence-electron chi connectivity index (χ3n) is 7.14. The summed E-state index contributed by atoms with van der Waals surface area (Å²) in [6.45, 7) is 0.449. The number of carbonyl (C=O) groups excluding carboxylic acids is 1. The van der Waals surface area contributed by atoms with Crippen LogP contribution in [0.25, 0.3) is 16.9 Å². The SMILES string of the molecule is Cc1cn(-c2ccc(-c3cn(C4CC45CCc4cc(F)ccc4N(CC(F)(F)F)C5=O)nn3)cc2)c#[n+]1. The maximum absolute atomic E-state index is 13.9. The molecule has 1 spiro atoms. The van der Waals surface area contributed by atoms with Crippen molar-refractivity contribution in [2.45, 2.75) is 38.4 Å². The number of aromatic nitrogens is 5. The fourth-order valence-corrected chi connectivity index (χ4v) is 5.19. The number of rotatable bonds is 4. The van der Waals surface area contributed by atoms with Gasteiger partial charge in [0.05, 0.1) is 17.7 Å². The van der Waals surface area contributed by atoms with Crippen LogP contribution in [0.4, 0.5) is 23.2 Å². The molecule has 0 radical (unpaired) electrons. The number of alkyl halides is 3. The molecule has 3 heterocycles. The summed E-state index contributed by atoms with van der Waals surface area (Å²) < 4.78 is 57.5. The molecule has 2 atom stereocenters. The summed E-state index contributed by atoms with van der Waals surface area (Å²) in [5.41, 5.74) is 2.56. The predicted octanol–water partition coefficient (Wildman–Crippen LogP) is 4.06. The number of hydrogen-bond donors (Lipinski definition) is 0. The van der Waals surface area contributed by atoms with Crippen LogP contribution >= 0.6 is 0 Å². The normalized spacial score (nSPS) is 21.1. The molecule has 11 heteroatoms. The Bertz CT molecular complexity index is 1490. The van der Waals surface area contributed by atoms with Crippen molar-refractivity contribution in [3.63, 3.8) is 0 Å². The van der Waals surface area contributed by atoms with E-state index in [2.05, 4.69) is 21.6 Å². The zero-order valence-electron chi connectivity index (χ0n) is 19.7. The smallest absolute Gasteiger partial charge is 0.302 e. The van der Waals surface area contributed by atoms with Gasteiger partial charge < -0.3 is 4.90 Å². The summed E-state index contributed by atoms with van der Waals surface area (Å²) in [5, 5.41) is 8.45. The van der Waals surface area contributed by atoms with Crippen molar-refractivity contribution < 1.29 is 27.3 Å². The number of anilines is 1. The third kappa shape index (κ3) is 4.12. The first-order valence-corrected chi connectivity index (χ1v) is 11.8. The number of carbonyl (C=O) groups is 1. The van der Waals surface area contributed by atoms with Gasteiger partial charge in [0.2, 0.25) is 5.91 Å². The van der Waals surface area contributed by atoms with E-state index in [1.165, 1.54) is 12.1 Å². The monoisotopic (exact) mass is 509 g/mol. The average Bonchev–Trinajstić information content (AvgIpc) is 3.18. The third-order valence-corrected chi connectivity index (χ3v) is 7.14. The lowest BCUT2D eigenvalue weighted by Crippen LogP contribution is -2.43. The van der Waals surface area contributed by atoms with Crippen LogP contribution in [0.3, 0.4) is 0 Å². The van der Waals surface area contributed by atoms with Crippen molar-refractivity contribution in [2.24, 2.45) is 5.41 Å². The van der Waals surface area contributed by atoms with Gasteiger partial charge in [-0.1, -0.05) is 5.21 Å². The van der Waals surface area contributed by atoms with E-state index < -0.39 is 35.9 Å². The molecule has 2 aliphatic rings. The van der Waals surface area contributed by atoms with E-state index in [-0.39, 0.29) is 12.1 Å². The highest BCUT2D eigenvalue weighted by molar-refractivity contribution is 6.01. The molecule has 1 fully saturated rings. The number of nitrogens with zero attached hydrogens (tertiary/aromatic N) is 6. The van der Waals surface area contributed by atoms with Crippen LogP contribution in [-0.4, -0.2) is 38.2 Å². The predicted molar refractivity (Wildman–Crippen MR) is 123 cm³/mol. The lowest BCUT2D eigenvalue weighted by atomic mass is 9.96. The Hall–Kier alpha value is -4.20. The molecule has 6 rings (SSSR count). The molecular formula is C26H21F4N6O+. The summed E-state index contributed by atoms with van der Waals surface area (Å²) in [6.07, 6.45) is 2.78. The lowest BCUT2D eigenvalue weighted by Gasteiger charge is -2.27. The zero-order chi connectivity index (χ0) is 25.9. The standard InChI is InChI=1S/C26H21F4N6O/c1-16-12-34(15-31-16)20-5-2-17(3-6-20)21-13-36(33-32-21)23-11-25(23)9-8-18-10-19(27)4-7-22(18)35(24(25)37)14-26(28,29)30/h2-7,10,12-13,23H,8-9,11,14H2,1H3/q+1. The van der Waals surface area contributed by atoms with Crippen LogP contribution < -0.4 is 9.88 Å². The summed E-state index contributed by atoms with van der Waals surface area (Å²) in [4.78, 5) is 18.4. The first-order valence-electron chi connectivity index (χ1n) is 11.8. The van der Waals surface area contributed by atoms with Gasteiger partial charge in [-0.3, -0.25) is 4.79 Å². The van der Waals surface area contributed by atoms with Crippen molar-refractivity contribution >= 4 is 11.6 Å². The molecule has 1 amide bonds. The molecule has 1 saturated carbocycles. The Labute approximate surface area is 209 Å². The fourth-order valence-electron chi connectivity index (χ4n) is 5.19. The zero-order valence-corrected chi connectivity index (χ0v) is 19.7. The molecule has 2 unspecified atom stereocenters. The van der Waals surface area contributed by atoms with Gasteiger partial charge in [-0.05, 0) is 67.3 Å². The van der Waals surface area contributed by atoms with E-state index in [4.69, 9.17) is 0 Å². The largest absolute Gasteiger partial charge is 0.406 e. The van der Waals surface area contributed by atoms with Gasteiger partial charge in [-0.25, -0.2) is 9.07 Å². The number of fused-ring (bicyclic) bond motifs is 1. The molecule has 7 nitrogen and oxygen atoms in total. The van der Waals surface area contributed by atoms with Crippen molar-refractivity contribution in [3.05, 3.63) is 78.3 Å². The Morgan fingerprint density at radius 3 is 2.65 bits per heavy atom. The second-order valence-corrected chi connectivity index (χ2v) is 9.64. The van der Waals surface area contributed by atoms with E-state index in [1.807, 2.05) is 37.4 Å². The van der Waals surface area contributed by atoms with E-state index >= 15 is 0 Å². The van der Waals surface area contributed by atoms with Crippen LogP contribution in [0.15, 0.2) is 54.9 Å². The van der Waals surface area contributed by atoms with E-state index in [0.717, 1.165) is 27.9 Å². The van der Waals surface area contributed by atoms with Crippen molar-refractivity contribution in [1.82, 2.24) is 19.6 Å². The molecule has 0 saturated heterocycles. The molecule has 188 valence electrons. The van der Waals surface area contributed by atoms with Gasteiger partial charge in [0, 0.05) is 18.2 Å². The lowest BCUT2D eigenvalue weighted by molar-refractivity contribution is -0.302. The minimum atomic E-state index is -4.60. The Morgan fingerprint density at radius 1 is 1.16 bits per heavy atom. The van der Waals surface area contributed by atoms with E-state index in [9.17, 15) is 22.4 Å². The van der Waals surface area contributed by atoms with E-state index in [1.54, 1.807) is 15.4 Å². The maximum atomic E-state index is 13.9. The molecular weight excluding hydrogens is 488 g/mol. The van der Waals surface area contributed by atoms with E-state index in [0.29, 0.717) is 24.1 Å². The van der Waals surface area contributed by atoms with Crippen molar-refractivity contribution in [2.75, 3.05) is 11.4 Å². The molecule has 0 N–H and O–H groups in total. The number of halogens is 4. The van der Waals surface area contributed by atoms with Crippen LogP contribution in [0, 0.1) is 24.5 Å². The molecule has 2 aromatic heterocycles. The Kier molecular flexibility index (Phi) is 5.12. The first kappa shape index (κ1) is 23.2. The molecule has 1 aliphatic heterocycles. The fraction of sp³-hybridized carbons (Fsp3) is 0.308. The summed E-state index contributed by atoms with van der Waals surface area (Å²) in [6, 6.07) is 10.7. The summed E-state index contributed by atoms with van der Waals surface area (Å²) >= 11 is 0. The maximum Gasteiger partial charge on any atom is 0.406 e. The van der Waals surface area contributed by atoms with Gasteiger partial charge in [-0.15, -0.1) is 9.67 Å². The average molecular weight is 509 g/mol. The summed E-state index contributed by atoms with van der Waals surface area (Å²) in [7, 11) is 0. The van der Waals surface area contributed by atoms with Gasteiger partial charge in [0.1, 0.15) is 23.7 Å². The molecule has 4 aromatic rings. The molecule has 37 heavy (non-hydrogen) atoms. The molecule has 2 aromatic carbocycles. The van der Waals surface area contributed by atoms with Crippen molar-refractivity contribution in [3.8, 4) is 16.9 Å². The first-order chi connectivity index (χ1) is 17.6. The highest BCUT2D eigenvalue weighted by Crippen LogP contribution is 2.61. The highest BCUT2D eigenvalue weighted by Gasteiger charge is 2.64. The highest BCUT2D eigenvalue weighted by atomic mass is 19.4. The quantitative estimate of drug-likeness (QED) is 0.389. The van der Waals surface area contributed by atoms with Crippen LogP contribution in [-0.2, 0) is 11.2 Å². The number of hydrogen-bond acceptors (Lipinski definition) is 3. The minimum Gasteiger partial charge on any atom is -0.302 e. The van der Waals surface area contributed by atoms with Gasteiger partial charge in [0.15, 0.2) is 6.20 Å². The van der Waals surface area contributed by atoms with Crippen molar-refractivity contribution in [1.29, 1.82) is 0 Å². The number of aryl methyl sites for hydroxylation is 2. The number of benzene rings is 2. The van der Waals surface area contributed by atoms with Crippen LogP contribution in [0.1, 0.15) is 30.1 Å². The Balaban J connectivity index is 1.27.